The Balaban J connectivity index is 2.32. The van der Waals surface area contributed by atoms with E-state index < -0.39 is 5.82 Å². The summed E-state index contributed by atoms with van der Waals surface area (Å²) in [4.78, 5) is 2.22. The Morgan fingerprint density at radius 1 is 1.25 bits per heavy atom. The molecular weight excluding hydrogens is 258 g/mol. The van der Waals surface area contributed by atoms with Gasteiger partial charge in [-0.2, -0.15) is 0 Å². The Morgan fingerprint density at radius 3 is 2.60 bits per heavy atom. The molecule has 20 heavy (non-hydrogen) atoms. The summed E-state index contributed by atoms with van der Waals surface area (Å²) in [6, 6.07) is 2.77. The zero-order valence-corrected chi connectivity index (χ0v) is 12.4. The van der Waals surface area contributed by atoms with Gasteiger partial charge in [0, 0.05) is 37.8 Å². The van der Waals surface area contributed by atoms with Gasteiger partial charge in [-0.1, -0.05) is 25.8 Å². The maximum absolute atomic E-state index is 14.4. The zero-order valence-electron chi connectivity index (χ0n) is 12.4. The van der Waals surface area contributed by atoms with Crippen molar-refractivity contribution in [1.82, 2.24) is 10.2 Å². The maximum atomic E-state index is 14.4. The Labute approximate surface area is 120 Å². The van der Waals surface area contributed by atoms with E-state index in [0.717, 1.165) is 45.4 Å². The fraction of sp³-hybridized carbons (Fsp3) is 0.625. The van der Waals surface area contributed by atoms with E-state index in [-0.39, 0.29) is 17.4 Å². The van der Waals surface area contributed by atoms with Crippen molar-refractivity contribution in [2.24, 2.45) is 0 Å². The van der Waals surface area contributed by atoms with Gasteiger partial charge in [0.2, 0.25) is 0 Å². The molecule has 0 aliphatic carbocycles. The Hall–Kier alpha value is -1.00. The molecule has 1 aliphatic rings. The molecule has 1 aromatic carbocycles. The van der Waals surface area contributed by atoms with Crippen LogP contribution >= 0.6 is 0 Å². The third-order valence-electron chi connectivity index (χ3n) is 4.08. The molecule has 1 fully saturated rings. The lowest BCUT2D eigenvalue weighted by Crippen LogP contribution is -2.45. The summed E-state index contributed by atoms with van der Waals surface area (Å²) < 4.78 is 28.6. The number of aryl methyl sites for hydroxylation is 1. The first-order chi connectivity index (χ1) is 9.65. The third kappa shape index (κ3) is 3.36. The maximum Gasteiger partial charge on any atom is 0.133 e. The topological polar surface area (TPSA) is 15.3 Å². The number of nitrogens with one attached hydrogen (secondary N) is 1. The minimum absolute atomic E-state index is 0.142. The van der Waals surface area contributed by atoms with E-state index in [1.54, 1.807) is 6.92 Å². The summed E-state index contributed by atoms with van der Waals surface area (Å²) in [6.07, 6.45) is 2.84. The normalized spacial score (nSPS) is 18.2. The van der Waals surface area contributed by atoms with E-state index in [9.17, 15) is 8.78 Å². The van der Waals surface area contributed by atoms with Gasteiger partial charge >= 0.3 is 0 Å². The number of rotatable bonds is 5. The lowest BCUT2D eigenvalue weighted by molar-refractivity contribution is 0.156. The molecule has 2 nitrogen and oxygen atoms in total. The van der Waals surface area contributed by atoms with Crippen molar-refractivity contribution < 1.29 is 8.78 Å². The summed E-state index contributed by atoms with van der Waals surface area (Å²) >= 11 is 0. The number of piperazine rings is 1. The highest BCUT2D eigenvalue weighted by atomic mass is 19.1. The smallest absolute Gasteiger partial charge is 0.133 e. The van der Waals surface area contributed by atoms with Gasteiger partial charge < -0.3 is 5.32 Å². The molecule has 0 spiro atoms. The second kappa shape index (κ2) is 7.14. The number of unbranched alkanes of at least 4 members (excludes halogenated alkanes) is 1. The number of benzene rings is 1. The van der Waals surface area contributed by atoms with Crippen LogP contribution in [0.1, 0.15) is 43.4 Å². The molecule has 0 unspecified atom stereocenters. The molecule has 112 valence electrons. The van der Waals surface area contributed by atoms with E-state index in [1.165, 1.54) is 12.1 Å². The standard InChI is InChI=1S/C16H24F2N2/c1-3-4-5-14(20-10-8-19-9-11-20)15-13(17)7-6-12(2)16(15)18/h6-7,14,19H,3-5,8-11H2,1-2H3/t14-/m1/s1. The van der Waals surface area contributed by atoms with Crippen LogP contribution < -0.4 is 5.32 Å². The molecule has 1 aromatic rings. The van der Waals surface area contributed by atoms with Gasteiger partial charge in [-0.25, -0.2) is 8.78 Å². The van der Waals surface area contributed by atoms with Crippen molar-refractivity contribution in [3.05, 3.63) is 34.9 Å². The van der Waals surface area contributed by atoms with E-state index in [4.69, 9.17) is 0 Å². The van der Waals surface area contributed by atoms with Gasteiger partial charge in [0.25, 0.3) is 0 Å². The summed E-state index contributed by atoms with van der Waals surface area (Å²) in [6.45, 7) is 7.28. The Bertz CT molecular complexity index is 442. The molecule has 0 amide bonds. The van der Waals surface area contributed by atoms with Gasteiger partial charge in [0.1, 0.15) is 11.6 Å². The minimum atomic E-state index is -0.410. The van der Waals surface area contributed by atoms with Crippen molar-refractivity contribution in [3.63, 3.8) is 0 Å². The largest absolute Gasteiger partial charge is 0.314 e. The lowest BCUT2D eigenvalue weighted by Gasteiger charge is -2.35. The van der Waals surface area contributed by atoms with Gasteiger partial charge in [-0.05, 0) is 25.0 Å². The highest BCUT2D eigenvalue weighted by Gasteiger charge is 2.27. The average molecular weight is 282 g/mol. The van der Waals surface area contributed by atoms with E-state index in [2.05, 4.69) is 17.1 Å². The quantitative estimate of drug-likeness (QED) is 0.890. The Morgan fingerprint density at radius 2 is 1.95 bits per heavy atom. The molecule has 2 rings (SSSR count). The first kappa shape index (κ1) is 15.4. The fourth-order valence-corrected chi connectivity index (χ4v) is 2.88. The predicted molar refractivity (Wildman–Crippen MR) is 77.8 cm³/mol. The second-order valence-corrected chi connectivity index (χ2v) is 5.54. The van der Waals surface area contributed by atoms with Gasteiger partial charge in [-0.3, -0.25) is 4.90 Å². The van der Waals surface area contributed by atoms with E-state index >= 15 is 0 Å². The third-order valence-corrected chi connectivity index (χ3v) is 4.08. The molecule has 0 aromatic heterocycles. The summed E-state index contributed by atoms with van der Waals surface area (Å²) in [5.41, 5.74) is 0.790. The predicted octanol–water partition coefficient (Wildman–Crippen LogP) is 3.41. The molecule has 0 bridgehead atoms. The molecule has 4 heteroatoms. The van der Waals surface area contributed by atoms with Crippen molar-refractivity contribution in [3.8, 4) is 0 Å². The van der Waals surface area contributed by atoms with E-state index in [0.29, 0.717) is 5.56 Å². The van der Waals surface area contributed by atoms with Crippen LogP contribution in [-0.2, 0) is 0 Å². The first-order valence-electron chi connectivity index (χ1n) is 7.54. The van der Waals surface area contributed by atoms with Crippen LogP contribution in [0.25, 0.3) is 0 Å². The lowest BCUT2D eigenvalue weighted by atomic mass is 9.96. The molecular formula is C16H24F2N2. The molecule has 0 radical (unpaired) electrons. The number of hydrogen-bond acceptors (Lipinski definition) is 2. The molecule has 1 atom stereocenters. The number of hydrogen-bond donors (Lipinski definition) is 1. The van der Waals surface area contributed by atoms with Crippen LogP contribution in [0.5, 0.6) is 0 Å². The van der Waals surface area contributed by atoms with Gasteiger partial charge in [0.15, 0.2) is 0 Å². The van der Waals surface area contributed by atoms with Crippen molar-refractivity contribution in [2.45, 2.75) is 39.2 Å². The minimum Gasteiger partial charge on any atom is -0.314 e. The number of nitrogens with zero attached hydrogens (tertiary/aromatic N) is 1. The molecule has 1 aliphatic heterocycles. The zero-order chi connectivity index (χ0) is 14.5. The van der Waals surface area contributed by atoms with Crippen LogP contribution in [0.15, 0.2) is 12.1 Å². The van der Waals surface area contributed by atoms with Crippen LogP contribution in [0, 0.1) is 18.6 Å². The SMILES string of the molecule is CCCC[C@H](c1c(F)ccc(C)c1F)N1CCNCC1. The van der Waals surface area contributed by atoms with Crippen LogP contribution in [0.3, 0.4) is 0 Å². The van der Waals surface area contributed by atoms with Crippen LogP contribution in [0.2, 0.25) is 0 Å². The first-order valence-corrected chi connectivity index (χ1v) is 7.54. The Kier molecular flexibility index (Phi) is 5.49. The fourth-order valence-electron chi connectivity index (χ4n) is 2.88. The summed E-state index contributed by atoms with van der Waals surface area (Å²) in [5, 5.41) is 3.29. The highest BCUT2D eigenvalue weighted by molar-refractivity contribution is 5.29. The monoisotopic (exact) mass is 282 g/mol. The summed E-state index contributed by atoms with van der Waals surface area (Å²) in [7, 11) is 0. The van der Waals surface area contributed by atoms with Gasteiger partial charge in [-0.15, -0.1) is 0 Å². The summed E-state index contributed by atoms with van der Waals surface area (Å²) in [5.74, 6) is -0.780. The molecule has 1 saturated heterocycles. The number of halogens is 2. The molecule has 1 N–H and O–H groups in total. The van der Waals surface area contributed by atoms with Crippen molar-refractivity contribution in [1.29, 1.82) is 0 Å². The van der Waals surface area contributed by atoms with Crippen molar-refractivity contribution in [2.75, 3.05) is 26.2 Å². The second-order valence-electron chi connectivity index (χ2n) is 5.54. The average Bonchev–Trinajstić information content (AvgIpc) is 2.47. The molecule has 1 heterocycles. The van der Waals surface area contributed by atoms with Crippen LogP contribution in [0.4, 0.5) is 8.78 Å². The van der Waals surface area contributed by atoms with Gasteiger partial charge in [0.05, 0.1) is 0 Å². The highest BCUT2D eigenvalue weighted by Crippen LogP contribution is 2.32. The van der Waals surface area contributed by atoms with Crippen LogP contribution in [-0.4, -0.2) is 31.1 Å². The molecule has 0 saturated carbocycles. The van der Waals surface area contributed by atoms with E-state index in [1.807, 2.05) is 0 Å². The van der Waals surface area contributed by atoms with Crippen molar-refractivity contribution >= 4 is 0 Å².